The molecule has 0 bridgehead atoms. The van der Waals surface area contributed by atoms with Crippen molar-refractivity contribution in [1.29, 1.82) is 0 Å². The molecule has 4 amide bonds. The molecule has 24 heavy (non-hydrogen) atoms. The number of nitrogens with one attached hydrogen (secondary N) is 3. The lowest BCUT2D eigenvalue weighted by Crippen LogP contribution is -2.46. The molecule has 0 heterocycles. The molecular weight excluding hydrogens is 338 g/mol. The molecule has 2 atom stereocenters. The summed E-state index contributed by atoms with van der Waals surface area (Å²) < 4.78 is 4.91. The molecule has 0 fully saturated rings. The zero-order chi connectivity index (χ0) is 18.3. The fourth-order valence-corrected chi connectivity index (χ4v) is 1.81. The molecule has 1 aromatic rings. The highest BCUT2D eigenvalue weighted by Gasteiger charge is 2.24. The summed E-state index contributed by atoms with van der Waals surface area (Å²) in [5.41, 5.74) is 0.212. The Morgan fingerprint density at radius 1 is 1.12 bits per heavy atom. The Hall–Kier alpha value is -2.61. The van der Waals surface area contributed by atoms with E-state index in [1.165, 1.54) is 27.0 Å². The molecule has 0 spiro atoms. The molecule has 0 aliphatic rings. The average Bonchev–Trinajstić information content (AvgIpc) is 2.54. The van der Waals surface area contributed by atoms with Crippen molar-refractivity contribution >= 4 is 35.4 Å². The Morgan fingerprint density at radius 3 is 2.33 bits per heavy atom. The van der Waals surface area contributed by atoms with Gasteiger partial charge in [-0.1, -0.05) is 23.7 Å². The number of esters is 1. The number of ether oxygens (including phenoxy) is 1. The lowest BCUT2D eigenvalue weighted by atomic mass is 10.2. The van der Waals surface area contributed by atoms with Crippen molar-refractivity contribution in [3.05, 3.63) is 34.9 Å². The van der Waals surface area contributed by atoms with Crippen molar-refractivity contribution in [3.8, 4) is 0 Å². The summed E-state index contributed by atoms with van der Waals surface area (Å²) in [4.78, 5) is 46.6. The van der Waals surface area contributed by atoms with Crippen molar-refractivity contribution in [2.24, 2.45) is 0 Å². The fourth-order valence-electron chi connectivity index (χ4n) is 1.58. The van der Waals surface area contributed by atoms with Crippen LogP contribution in [0.5, 0.6) is 0 Å². The van der Waals surface area contributed by atoms with Crippen LogP contribution in [-0.4, -0.2) is 43.0 Å². The number of urea groups is 1. The number of rotatable bonds is 5. The first-order valence-electron chi connectivity index (χ1n) is 7.04. The van der Waals surface area contributed by atoms with Crippen LogP contribution in [0.4, 0.5) is 4.79 Å². The summed E-state index contributed by atoms with van der Waals surface area (Å²) in [6.45, 7) is 2.71. The third kappa shape index (κ3) is 5.54. The van der Waals surface area contributed by atoms with Gasteiger partial charge in [0.1, 0.15) is 6.04 Å². The van der Waals surface area contributed by atoms with Crippen LogP contribution < -0.4 is 16.0 Å². The Morgan fingerprint density at radius 2 is 1.75 bits per heavy atom. The predicted molar refractivity (Wildman–Crippen MR) is 86.5 cm³/mol. The molecule has 1 aromatic carbocycles. The highest BCUT2D eigenvalue weighted by Crippen LogP contribution is 2.14. The largest absolute Gasteiger partial charge is 0.451 e. The molecule has 130 valence electrons. The molecular formula is C15H18ClN3O5. The second-order valence-corrected chi connectivity index (χ2v) is 5.23. The van der Waals surface area contributed by atoms with E-state index in [1.54, 1.807) is 18.2 Å². The zero-order valence-electron chi connectivity index (χ0n) is 13.4. The smallest absolute Gasteiger partial charge is 0.329 e. The van der Waals surface area contributed by atoms with Gasteiger partial charge in [-0.3, -0.25) is 14.9 Å². The van der Waals surface area contributed by atoms with Gasteiger partial charge in [-0.05, 0) is 26.0 Å². The third-order valence-corrected chi connectivity index (χ3v) is 3.28. The molecule has 0 aliphatic heterocycles. The maximum absolute atomic E-state index is 12.0. The van der Waals surface area contributed by atoms with Gasteiger partial charge >= 0.3 is 12.0 Å². The number of carbonyl (C=O) groups excluding carboxylic acids is 4. The molecule has 0 aromatic heterocycles. The molecule has 0 aliphatic carbocycles. The summed E-state index contributed by atoms with van der Waals surface area (Å²) in [5, 5.41) is 6.84. The normalized spacial score (nSPS) is 12.5. The first kappa shape index (κ1) is 19.4. The minimum Gasteiger partial charge on any atom is -0.451 e. The highest BCUT2D eigenvalue weighted by atomic mass is 35.5. The van der Waals surface area contributed by atoms with Crippen LogP contribution in [0.15, 0.2) is 24.3 Å². The Labute approximate surface area is 143 Å². The molecule has 8 nitrogen and oxygen atoms in total. The molecule has 9 heteroatoms. The van der Waals surface area contributed by atoms with Crippen LogP contribution >= 0.6 is 11.6 Å². The van der Waals surface area contributed by atoms with Gasteiger partial charge in [-0.2, -0.15) is 0 Å². The van der Waals surface area contributed by atoms with Gasteiger partial charge in [0, 0.05) is 7.05 Å². The van der Waals surface area contributed by atoms with Crippen molar-refractivity contribution in [1.82, 2.24) is 16.0 Å². The summed E-state index contributed by atoms with van der Waals surface area (Å²) in [7, 11) is 1.34. The van der Waals surface area contributed by atoms with E-state index in [2.05, 4.69) is 10.6 Å². The van der Waals surface area contributed by atoms with Gasteiger partial charge in [0.2, 0.25) is 0 Å². The quantitative estimate of drug-likeness (QED) is 0.677. The van der Waals surface area contributed by atoms with Gasteiger partial charge in [0.15, 0.2) is 6.10 Å². The summed E-state index contributed by atoms with van der Waals surface area (Å²) in [6, 6.07) is 4.63. The maximum atomic E-state index is 12.0. The van der Waals surface area contributed by atoms with Crippen LogP contribution in [0.1, 0.15) is 24.2 Å². The monoisotopic (exact) mass is 355 g/mol. The summed E-state index contributed by atoms with van der Waals surface area (Å²) in [6.07, 6.45) is -1.20. The molecule has 0 unspecified atom stereocenters. The van der Waals surface area contributed by atoms with Crippen LogP contribution in [-0.2, 0) is 14.3 Å². The van der Waals surface area contributed by atoms with Gasteiger partial charge in [-0.25, -0.2) is 9.59 Å². The number of halogens is 1. The number of carbonyl (C=O) groups is 4. The summed E-state index contributed by atoms with van der Waals surface area (Å²) >= 11 is 5.90. The SMILES string of the molecule is CNC(=O)NC(=O)[C@@H](C)OC(=O)[C@H](C)NC(=O)c1ccccc1Cl. The van der Waals surface area contributed by atoms with E-state index < -0.39 is 36.0 Å². The molecule has 0 saturated heterocycles. The zero-order valence-corrected chi connectivity index (χ0v) is 14.1. The fraction of sp³-hybridized carbons (Fsp3) is 0.333. The Bertz CT molecular complexity index is 650. The minimum absolute atomic E-state index is 0.212. The van der Waals surface area contributed by atoms with Gasteiger partial charge in [0.05, 0.1) is 10.6 Å². The van der Waals surface area contributed by atoms with Crippen molar-refractivity contribution in [2.75, 3.05) is 7.05 Å². The lowest BCUT2D eigenvalue weighted by molar-refractivity contribution is -0.155. The van der Waals surface area contributed by atoms with E-state index in [4.69, 9.17) is 16.3 Å². The predicted octanol–water partition coefficient (Wildman–Crippen LogP) is 0.846. The molecule has 0 radical (unpaired) electrons. The number of hydrogen-bond donors (Lipinski definition) is 3. The summed E-state index contributed by atoms with van der Waals surface area (Å²) in [5.74, 6) is -2.16. The van der Waals surface area contributed by atoms with Crippen LogP contribution in [0.2, 0.25) is 5.02 Å². The van der Waals surface area contributed by atoms with Gasteiger partial charge in [0.25, 0.3) is 11.8 Å². The third-order valence-electron chi connectivity index (χ3n) is 2.95. The van der Waals surface area contributed by atoms with Crippen molar-refractivity contribution in [2.45, 2.75) is 26.0 Å². The topological polar surface area (TPSA) is 114 Å². The van der Waals surface area contributed by atoms with Crippen LogP contribution in [0.3, 0.4) is 0 Å². The van der Waals surface area contributed by atoms with Crippen LogP contribution in [0, 0.1) is 0 Å². The van der Waals surface area contributed by atoms with Crippen molar-refractivity contribution in [3.63, 3.8) is 0 Å². The highest BCUT2D eigenvalue weighted by molar-refractivity contribution is 6.33. The number of imide groups is 1. The molecule has 0 saturated carbocycles. The molecule has 1 rings (SSSR count). The van der Waals surface area contributed by atoms with E-state index >= 15 is 0 Å². The second kappa shape index (κ2) is 8.88. The van der Waals surface area contributed by atoms with E-state index in [-0.39, 0.29) is 10.6 Å². The van der Waals surface area contributed by atoms with Gasteiger partial charge < -0.3 is 15.4 Å². The first-order chi connectivity index (χ1) is 11.3. The second-order valence-electron chi connectivity index (χ2n) is 4.82. The van der Waals surface area contributed by atoms with E-state index in [1.807, 2.05) is 5.32 Å². The number of amides is 4. The number of benzene rings is 1. The maximum Gasteiger partial charge on any atom is 0.329 e. The lowest BCUT2D eigenvalue weighted by Gasteiger charge is -2.17. The van der Waals surface area contributed by atoms with E-state index in [0.29, 0.717) is 0 Å². The van der Waals surface area contributed by atoms with Gasteiger partial charge in [-0.15, -0.1) is 0 Å². The van der Waals surface area contributed by atoms with E-state index in [0.717, 1.165) is 0 Å². The standard InChI is InChI=1S/C15H18ClN3O5/c1-8(18-13(21)10-6-4-5-7-11(10)16)14(22)24-9(2)12(20)19-15(23)17-3/h4-9H,1-3H3,(H,18,21)(H2,17,19,20,23)/t8-,9+/m0/s1. The van der Waals surface area contributed by atoms with Crippen LogP contribution in [0.25, 0.3) is 0 Å². The molecule has 3 N–H and O–H groups in total. The minimum atomic E-state index is -1.20. The number of hydrogen-bond acceptors (Lipinski definition) is 5. The van der Waals surface area contributed by atoms with E-state index in [9.17, 15) is 19.2 Å². The Balaban J connectivity index is 2.58. The average molecular weight is 356 g/mol. The first-order valence-corrected chi connectivity index (χ1v) is 7.42. The van der Waals surface area contributed by atoms with Crippen molar-refractivity contribution < 1.29 is 23.9 Å². The Kier molecular flexibility index (Phi) is 7.19.